The van der Waals surface area contributed by atoms with Crippen LogP contribution in [0, 0.1) is 12.3 Å². The van der Waals surface area contributed by atoms with Crippen molar-refractivity contribution in [2.75, 3.05) is 56.2 Å². The van der Waals surface area contributed by atoms with Gasteiger partial charge in [-0.15, -0.1) is 5.10 Å². The lowest BCUT2D eigenvalue weighted by Gasteiger charge is -2.43. The number of aromatic nitrogens is 5. The number of allylic oxidation sites excluding steroid dienone is 2. The number of imidazole rings is 2. The first-order valence-corrected chi connectivity index (χ1v) is 13.0. The number of hydrogen-bond acceptors (Lipinski definition) is 8. The Balaban J connectivity index is 1.48. The Morgan fingerprint density at radius 2 is 2.03 bits per heavy atom. The third-order valence-corrected chi connectivity index (χ3v) is 7.87. The number of anilines is 2. The van der Waals surface area contributed by atoms with Crippen molar-refractivity contribution >= 4 is 17.3 Å². The number of halogens is 3. The minimum absolute atomic E-state index is 0.0986. The van der Waals surface area contributed by atoms with E-state index in [0.717, 1.165) is 11.3 Å². The summed E-state index contributed by atoms with van der Waals surface area (Å²) >= 11 is 0. The molecule has 0 amide bonds. The summed E-state index contributed by atoms with van der Waals surface area (Å²) in [5.74, 6) is 1.20. The smallest absolute Gasteiger partial charge is 0.390 e. The topological polar surface area (TPSA) is 107 Å². The van der Waals surface area contributed by atoms with E-state index in [9.17, 15) is 18.3 Å². The van der Waals surface area contributed by atoms with Crippen LogP contribution >= 0.6 is 0 Å². The van der Waals surface area contributed by atoms with Gasteiger partial charge in [-0.2, -0.15) is 17.7 Å². The lowest BCUT2D eigenvalue weighted by atomic mass is 9.74. The molecule has 13 heteroatoms. The van der Waals surface area contributed by atoms with Crippen LogP contribution in [0.2, 0.25) is 0 Å². The molecule has 3 N–H and O–H groups in total. The highest BCUT2D eigenvalue weighted by Gasteiger charge is 2.54. The molecule has 3 aromatic heterocycles. The van der Waals surface area contributed by atoms with Gasteiger partial charge in [0.05, 0.1) is 48.6 Å². The van der Waals surface area contributed by atoms with Gasteiger partial charge < -0.3 is 25.0 Å². The number of nitrogens with zero attached hydrogens (tertiary/aromatic N) is 6. The van der Waals surface area contributed by atoms with E-state index in [-0.39, 0.29) is 18.5 Å². The maximum absolute atomic E-state index is 14.5. The Morgan fingerprint density at radius 3 is 2.69 bits per heavy atom. The second-order valence-corrected chi connectivity index (χ2v) is 10.6. The van der Waals surface area contributed by atoms with E-state index in [0.29, 0.717) is 68.1 Å². The predicted molar refractivity (Wildman–Crippen MR) is 139 cm³/mol. The molecule has 1 atom stereocenters. The van der Waals surface area contributed by atoms with E-state index in [2.05, 4.69) is 20.2 Å². The lowest BCUT2D eigenvalue weighted by molar-refractivity contribution is -0.205. The van der Waals surface area contributed by atoms with Crippen molar-refractivity contribution in [2.45, 2.75) is 32.5 Å². The molecule has 208 valence electrons. The van der Waals surface area contributed by atoms with Crippen LogP contribution in [0.3, 0.4) is 0 Å². The monoisotopic (exact) mass is 544 g/mol. The Morgan fingerprint density at radius 1 is 1.26 bits per heavy atom. The summed E-state index contributed by atoms with van der Waals surface area (Å²) in [6.07, 6.45) is 1.45. The van der Waals surface area contributed by atoms with Gasteiger partial charge >= 0.3 is 6.18 Å². The summed E-state index contributed by atoms with van der Waals surface area (Å²) in [5, 5.41) is 17.9. The van der Waals surface area contributed by atoms with Crippen LogP contribution in [0.25, 0.3) is 16.9 Å². The number of nitrogens with one attached hydrogen (secondary N) is 2. The zero-order valence-electron chi connectivity index (χ0n) is 21.8. The maximum atomic E-state index is 14.5. The van der Waals surface area contributed by atoms with Crippen LogP contribution in [-0.2, 0) is 4.74 Å². The largest absolute Gasteiger partial charge is 0.398 e. The molecule has 3 aliphatic rings. The summed E-state index contributed by atoms with van der Waals surface area (Å²) in [5.41, 5.74) is 1.25. The molecular weight excluding hydrogens is 513 g/mol. The van der Waals surface area contributed by atoms with Gasteiger partial charge in [-0.3, -0.25) is 4.90 Å². The van der Waals surface area contributed by atoms with Crippen molar-refractivity contribution in [1.29, 1.82) is 0 Å². The summed E-state index contributed by atoms with van der Waals surface area (Å²) in [7, 11) is 0. The Kier molecular flexibility index (Phi) is 6.39. The molecule has 0 radical (unpaired) electrons. The highest BCUT2D eigenvalue weighted by Crippen LogP contribution is 2.50. The van der Waals surface area contributed by atoms with Gasteiger partial charge in [0.25, 0.3) is 0 Å². The fourth-order valence-corrected chi connectivity index (χ4v) is 5.43. The number of H-pyrrole nitrogens is 1. The van der Waals surface area contributed by atoms with E-state index in [1.54, 1.807) is 29.2 Å². The molecule has 0 aromatic carbocycles. The summed E-state index contributed by atoms with van der Waals surface area (Å²) in [4.78, 5) is 16.0. The molecule has 0 bridgehead atoms. The van der Waals surface area contributed by atoms with Gasteiger partial charge in [0.15, 0.2) is 17.3 Å². The number of aliphatic hydroxyl groups is 1. The third kappa shape index (κ3) is 4.57. The molecule has 2 saturated heterocycles. The van der Waals surface area contributed by atoms with Crippen LogP contribution in [0.1, 0.15) is 19.0 Å². The first-order chi connectivity index (χ1) is 18.6. The molecule has 0 saturated carbocycles. The third-order valence-electron chi connectivity index (χ3n) is 7.87. The minimum Gasteiger partial charge on any atom is -0.390 e. The van der Waals surface area contributed by atoms with Crippen molar-refractivity contribution in [1.82, 2.24) is 29.5 Å². The van der Waals surface area contributed by atoms with Gasteiger partial charge in [-0.05, 0) is 38.0 Å². The highest BCUT2D eigenvalue weighted by atomic mass is 19.4. The van der Waals surface area contributed by atoms with Crippen LogP contribution in [0.5, 0.6) is 0 Å². The van der Waals surface area contributed by atoms with Gasteiger partial charge in [0, 0.05) is 44.0 Å². The number of ether oxygens (including phenoxy) is 1. The van der Waals surface area contributed by atoms with Gasteiger partial charge in [0.1, 0.15) is 0 Å². The normalized spacial score (nSPS) is 23.1. The molecule has 6 rings (SSSR count). The van der Waals surface area contributed by atoms with E-state index >= 15 is 0 Å². The standard InChI is InChI=1S/C26H31F3N8O2/c1-16-23(33-20-4-3-5-25(2,26(27,28)29)19(20)14-35-12-17(38)13-35)37-24(32-16)18(21-11-30-15-31-21)10-22(34-37)36-6-8-39-9-7-36/h3-4,10-11,15,17,33,38H,5-9,12-14H2,1-2H3,(H,30,31). The number of morpholine rings is 1. The molecule has 1 aliphatic carbocycles. The lowest BCUT2D eigenvalue weighted by Crippen LogP contribution is -2.53. The first-order valence-electron chi connectivity index (χ1n) is 13.0. The van der Waals surface area contributed by atoms with Crippen molar-refractivity contribution in [3.05, 3.63) is 47.7 Å². The minimum atomic E-state index is -4.45. The van der Waals surface area contributed by atoms with Crippen LogP contribution in [-0.4, -0.2) is 92.8 Å². The van der Waals surface area contributed by atoms with Gasteiger partial charge in [-0.25, -0.2) is 9.97 Å². The van der Waals surface area contributed by atoms with E-state index in [4.69, 9.17) is 14.8 Å². The van der Waals surface area contributed by atoms with E-state index < -0.39 is 17.7 Å². The number of alkyl halides is 3. The molecule has 1 unspecified atom stereocenters. The van der Waals surface area contributed by atoms with Crippen molar-refractivity contribution < 1.29 is 23.0 Å². The number of hydrogen-bond donors (Lipinski definition) is 3. The molecule has 0 spiro atoms. The number of aryl methyl sites for hydroxylation is 1. The molecule has 10 nitrogen and oxygen atoms in total. The van der Waals surface area contributed by atoms with Crippen LogP contribution in [0.4, 0.5) is 24.8 Å². The number of β-amino-alcohol motifs (C(OH)–C–C–N with tert-alkyl or cyclic N) is 1. The predicted octanol–water partition coefficient (Wildman–Crippen LogP) is 3.14. The SMILES string of the molecule is Cc1nc2c(-c3cnc[nH]3)cc(N3CCOCC3)nn2c1NC1=C(CN2CC(O)C2)C(C)(C(F)(F)F)CC=C1. The molecule has 5 heterocycles. The molecule has 2 fully saturated rings. The summed E-state index contributed by atoms with van der Waals surface area (Å²) < 4.78 is 50.6. The quantitative estimate of drug-likeness (QED) is 0.435. The molecule has 2 aliphatic heterocycles. The molecular formula is C26H31F3N8O2. The van der Waals surface area contributed by atoms with Crippen molar-refractivity contribution in [3.8, 4) is 11.3 Å². The molecule has 3 aromatic rings. The van der Waals surface area contributed by atoms with Crippen LogP contribution < -0.4 is 10.2 Å². The first kappa shape index (κ1) is 25.8. The molecule has 39 heavy (non-hydrogen) atoms. The fourth-order valence-electron chi connectivity index (χ4n) is 5.43. The highest BCUT2D eigenvalue weighted by molar-refractivity contribution is 5.79. The van der Waals surface area contributed by atoms with Gasteiger partial charge in [-0.1, -0.05) is 6.08 Å². The van der Waals surface area contributed by atoms with Crippen molar-refractivity contribution in [3.63, 3.8) is 0 Å². The average Bonchev–Trinajstić information content (AvgIpc) is 3.53. The van der Waals surface area contributed by atoms with Crippen molar-refractivity contribution in [2.24, 2.45) is 5.41 Å². The Labute approximate surface area is 223 Å². The Bertz CT molecular complexity index is 1420. The maximum Gasteiger partial charge on any atom is 0.398 e. The van der Waals surface area contributed by atoms with E-state index in [1.807, 2.05) is 17.9 Å². The summed E-state index contributed by atoms with van der Waals surface area (Å²) in [6, 6.07) is 1.95. The number of rotatable bonds is 6. The van der Waals surface area contributed by atoms with Crippen LogP contribution in [0.15, 0.2) is 42.0 Å². The zero-order chi connectivity index (χ0) is 27.4. The average molecular weight is 545 g/mol. The Hall–Kier alpha value is -3.42. The number of aliphatic hydroxyl groups excluding tert-OH is 1. The number of aromatic amines is 1. The second kappa shape index (κ2) is 9.65. The zero-order valence-corrected chi connectivity index (χ0v) is 21.8. The fraction of sp³-hybridized carbons (Fsp3) is 0.500. The number of fused-ring (bicyclic) bond motifs is 1. The second-order valence-electron chi connectivity index (χ2n) is 10.6. The van der Waals surface area contributed by atoms with Gasteiger partial charge in [0.2, 0.25) is 0 Å². The van der Waals surface area contributed by atoms with E-state index in [1.165, 1.54) is 6.92 Å². The number of likely N-dealkylation sites (tertiary alicyclic amines) is 1. The summed E-state index contributed by atoms with van der Waals surface area (Å²) in [6.45, 7) is 6.34.